The minimum absolute atomic E-state index is 0.103. The second-order valence-electron chi connectivity index (χ2n) is 5.65. The first-order valence-corrected chi connectivity index (χ1v) is 9.12. The maximum absolute atomic E-state index is 12.9. The van der Waals surface area contributed by atoms with Crippen LogP contribution in [0.4, 0.5) is 10.1 Å². The fraction of sp³-hybridized carbons (Fsp3) is 0.312. The predicted octanol–water partition coefficient (Wildman–Crippen LogP) is 1.92. The lowest BCUT2D eigenvalue weighted by molar-refractivity contribution is 0.288. The van der Waals surface area contributed by atoms with Gasteiger partial charge in [0, 0.05) is 24.5 Å². The van der Waals surface area contributed by atoms with Crippen LogP contribution in [0, 0.1) is 5.82 Å². The van der Waals surface area contributed by atoms with Crippen molar-refractivity contribution >= 4 is 15.7 Å². The summed E-state index contributed by atoms with van der Waals surface area (Å²) in [5.41, 5.74) is 0.749. The van der Waals surface area contributed by atoms with E-state index in [1.165, 1.54) is 24.4 Å². The molecule has 1 atom stereocenters. The zero-order chi connectivity index (χ0) is 17.2. The Hall–Kier alpha value is -2.19. The zero-order valence-electron chi connectivity index (χ0n) is 12.9. The molecule has 0 bridgehead atoms. The first kappa shape index (κ1) is 16.7. The van der Waals surface area contributed by atoms with E-state index in [1.807, 2.05) is 0 Å². The van der Waals surface area contributed by atoms with Gasteiger partial charge < -0.3 is 9.64 Å². The fourth-order valence-corrected chi connectivity index (χ4v) is 3.30. The third-order valence-electron chi connectivity index (χ3n) is 3.97. The number of benzene rings is 1. The average molecular weight is 351 g/mol. The molecule has 1 aliphatic rings. The summed E-state index contributed by atoms with van der Waals surface area (Å²) in [7, 11) is -3.84. The van der Waals surface area contributed by atoms with E-state index < -0.39 is 10.0 Å². The summed E-state index contributed by atoms with van der Waals surface area (Å²) in [6, 6.07) is 9.20. The van der Waals surface area contributed by atoms with Gasteiger partial charge in [-0.05, 0) is 43.2 Å². The lowest BCUT2D eigenvalue weighted by Crippen LogP contribution is -2.34. The zero-order valence-corrected chi connectivity index (χ0v) is 13.7. The molecule has 8 heteroatoms. The van der Waals surface area contributed by atoms with E-state index in [9.17, 15) is 12.8 Å². The molecule has 0 unspecified atom stereocenters. The van der Waals surface area contributed by atoms with E-state index in [2.05, 4.69) is 9.88 Å². The van der Waals surface area contributed by atoms with E-state index >= 15 is 0 Å². The first-order chi connectivity index (χ1) is 11.4. The molecule has 6 nitrogen and oxygen atoms in total. The molecule has 1 aliphatic heterocycles. The van der Waals surface area contributed by atoms with Gasteiger partial charge in [0.05, 0.1) is 6.04 Å². The number of rotatable bonds is 5. The van der Waals surface area contributed by atoms with Crippen LogP contribution in [0.3, 0.4) is 0 Å². The van der Waals surface area contributed by atoms with Crippen LogP contribution >= 0.6 is 0 Å². The van der Waals surface area contributed by atoms with Crippen LogP contribution in [-0.2, 0) is 10.0 Å². The highest BCUT2D eigenvalue weighted by Crippen LogP contribution is 2.27. The van der Waals surface area contributed by atoms with E-state index in [-0.39, 0.29) is 16.9 Å². The van der Waals surface area contributed by atoms with Gasteiger partial charge in [-0.3, -0.25) is 0 Å². The molecule has 2 aromatic rings. The Bertz CT molecular complexity index is 812. The number of pyridine rings is 1. The van der Waals surface area contributed by atoms with Gasteiger partial charge in [-0.1, -0.05) is 0 Å². The third kappa shape index (κ3) is 3.82. The number of aromatic nitrogens is 1. The number of hydrogen-bond donors (Lipinski definition) is 1. The summed E-state index contributed by atoms with van der Waals surface area (Å²) in [5, 5.41) is 4.99. The standard InChI is InChI=1S/C16H18FN3O3S/c17-12-3-5-15(6-4-12)23-11-14-2-1-9-20(14)13-7-8-19-16(10-13)24(18,21)22/h3-8,10,14H,1-2,9,11H2,(H2,18,21,22)/t14-/m0/s1. The molecular formula is C16H18FN3O3S. The lowest BCUT2D eigenvalue weighted by Gasteiger charge is -2.27. The highest BCUT2D eigenvalue weighted by atomic mass is 32.2. The Labute approximate surface area is 140 Å². The van der Waals surface area contributed by atoms with Crippen molar-refractivity contribution in [3.8, 4) is 5.75 Å². The number of anilines is 1. The molecule has 128 valence electrons. The molecule has 1 aromatic carbocycles. The Morgan fingerprint density at radius 3 is 2.75 bits per heavy atom. The lowest BCUT2D eigenvalue weighted by atomic mass is 10.2. The van der Waals surface area contributed by atoms with Crippen LogP contribution in [0.25, 0.3) is 0 Å². The number of hydrogen-bond acceptors (Lipinski definition) is 5. The molecule has 2 N–H and O–H groups in total. The van der Waals surface area contributed by atoms with Gasteiger partial charge in [0.25, 0.3) is 10.0 Å². The smallest absolute Gasteiger partial charge is 0.255 e. The average Bonchev–Trinajstić information content (AvgIpc) is 3.02. The minimum atomic E-state index is -3.84. The van der Waals surface area contributed by atoms with Gasteiger partial charge >= 0.3 is 0 Å². The number of ether oxygens (including phenoxy) is 1. The van der Waals surface area contributed by atoms with Crippen molar-refractivity contribution in [2.75, 3.05) is 18.1 Å². The quantitative estimate of drug-likeness (QED) is 0.889. The van der Waals surface area contributed by atoms with E-state index in [0.717, 1.165) is 25.1 Å². The molecule has 0 radical (unpaired) electrons. The number of sulfonamides is 1. The normalized spacial score (nSPS) is 17.9. The van der Waals surface area contributed by atoms with E-state index in [0.29, 0.717) is 12.4 Å². The molecular weight excluding hydrogens is 333 g/mol. The minimum Gasteiger partial charge on any atom is -0.491 e. The fourth-order valence-electron chi connectivity index (χ4n) is 2.81. The van der Waals surface area contributed by atoms with Gasteiger partial charge in [0.1, 0.15) is 18.2 Å². The highest BCUT2D eigenvalue weighted by Gasteiger charge is 2.26. The molecule has 0 saturated carbocycles. The molecule has 3 rings (SSSR count). The van der Waals surface area contributed by atoms with Crippen LogP contribution in [0.2, 0.25) is 0 Å². The van der Waals surface area contributed by atoms with Crippen LogP contribution in [0.1, 0.15) is 12.8 Å². The summed E-state index contributed by atoms with van der Waals surface area (Å²) >= 11 is 0. The number of nitrogens with zero attached hydrogens (tertiary/aromatic N) is 2. The first-order valence-electron chi connectivity index (χ1n) is 7.57. The summed E-state index contributed by atoms with van der Waals surface area (Å²) in [4.78, 5) is 5.89. The number of primary sulfonamides is 1. The molecule has 2 heterocycles. The van der Waals surface area contributed by atoms with E-state index in [1.54, 1.807) is 18.2 Å². The number of nitrogens with two attached hydrogens (primary N) is 1. The van der Waals surface area contributed by atoms with Gasteiger partial charge in [-0.2, -0.15) is 0 Å². The van der Waals surface area contributed by atoms with Gasteiger partial charge in [0.15, 0.2) is 5.03 Å². The third-order valence-corrected chi connectivity index (χ3v) is 4.78. The Kier molecular flexibility index (Phi) is 4.68. The molecule has 0 aliphatic carbocycles. The van der Waals surface area contributed by atoms with Crippen molar-refractivity contribution in [1.82, 2.24) is 4.98 Å². The SMILES string of the molecule is NS(=O)(=O)c1cc(N2CCC[C@H]2COc2ccc(F)cc2)ccn1. The maximum Gasteiger partial charge on any atom is 0.255 e. The molecule has 0 amide bonds. The Morgan fingerprint density at radius 1 is 1.29 bits per heavy atom. The molecule has 1 fully saturated rings. The van der Waals surface area contributed by atoms with Crippen LogP contribution in [0.15, 0.2) is 47.6 Å². The van der Waals surface area contributed by atoms with Crippen molar-refractivity contribution in [3.63, 3.8) is 0 Å². The largest absolute Gasteiger partial charge is 0.491 e. The van der Waals surface area contributed by atoms with Crippen molar-refractivity contribution in [2.24, 2.45) is 5.14 Å². The summed E-state index contributed by atoms with van der Waals surface area (Å²) in [6.45, 7) is 1.23. The molecule has 24 heavy (non-hydrogen) atoms. The monoisotopic (exact) mass is 351 g/mol. The Morgan fingerprint density at radius 2 is 2.04 bits per heavy atom. The van der Waals surface area contributed by atoms with Crippen molar-refractivity contribution in [3.05, 3.63) is 48.4 Å². The summed E-state index contributed by atoms with van der Waals surface area (Å²) in [5.74, 6) is 0.292. The molecule has 1 saturated heterocycles. The number of halogens is 1. The van der Waals surface area contributed by atoms with Crippen LogP contribution in [-0.4, -0.2) is 32.6 Å². The van der Waals surface area contributed by atoms with Gasteiger partial charge in [-0.25, -0.2) is 22.9 Å². The van der Waals surface area contributed by atoms with E-state index in [4.69, 9.17) is 9.88 Å². The maximum atomic E-state index is 12.9. The molecule has 0 spiro atoms. The van der Waals surface area contributed by atoms with Crippen molar-refractivity contribution in [1.29, 1.82) is 0 Å². The highest BCUT2D eigenvalue weighted by molar-refractivity contribution is 7.89. The molecule has 1 aromatic heterocycles. The Balaban J connectivity index is 1.72. The van der Waals surface area contributed by atoms with Crippen LogP contribution in [0.5, 0.6) is 5.75 Å². The van der Waals surface area contributed by atoms with Crippen molar-refractivity contribution in [2.45, 2.75) is 23.9 Å². The second-order valence-corrected chi connectivity index (χ2v) is 7.16. The second kappa shape index (κ2) is 6.74. The van der Waals surface area contributed by atoms with Gasteiger partial charge in [0.2, 0.25) is 0 Å². The summed E-state index contributed by atoms with van der Waals surface area (Å²) < 4.78 is 41.6. The van der Waals surface area contributed by atoms with Crippen LogP contribution < -0.4 is 14.8 Å². The predicted molar refractivity (Wildman–Crippen MR) is 87.9 cm³/mol. The van der Waals surface area contributed by atoms with Crippen molar-refractivity contribution < 1.29 is 17.5 Å². The topological polar surface area (TPSA) is 85.5 Å². The summed E-state index contributed by atoms with van der Waals surface area (Å²) in [6.07, 6.45) is 3.34. The van der Waals surface area contributed by atoms with Gasteiger partial charge in [-0.15, -0.1) is 0 Å².